The van der Waals surface area contributed by atoms with Gasteiger partial charge < -0.3 is 19.3 Å². The lowest BCUT2D eigenvalue weighted by molar-refractivity contribution is -0.138. The predicted molar refractivity (Wildman–Crippen MR) is 151 cm³/mol. The average Bonchev–Trinajstić information content (AvgIpc) is 3.10. The van der Waals surface area contributed by atoms with Crippen LogP contribution < -0.4 is 14.5 Å². The van der Waals surface area contributed by atoms with Crippen LogP contribution >= 0.6 is 12.2 Å². The molecule has 4 aliphatic rings. The Morgan fingerprint density at radius 3 is 2.33 bits per heavy atom. The van der Waals surface area contributed by atoms with Gasteiger partial charge in [0.25, 0.3) is 5.91 Å². The molecule has 0 bridgehead atoms. The number of alkyl halides is 3. The second kappa shape index (κ2) is 9.77. The van der Waals surface area contributed by atoms with Crippen LogP contribution in [0.1, 0.15) is 70.6 Å². The molecule has 2 saturated heterocycles. The molecule has 0 aromatic carbocycles. The molecule has 10 nitrogen and oxygen atoms in total. The Balaban J connectivity index is 1.17. The minimum Gasteiger partial charge on any atom is -0.474 e. The van der Waals surface area contributed by atoms with E-state index in [-0.39, 0.29) is 28.5 Å². The number of carbonyl (C=O) groups is 2. The summed E-state index contributed by atoms with van der Waals surface area (Å²) in [6.45, 7) is 6.16. The topological polar surface area (TPSA) is 112 Å². The summed E-state index contributed by atoms with van der Waals surface area (Å²) >= 11 is 5.65. The van der Waals surface area contributed by atoms with E-state index in [0.29, 0.717) is 43.8 Å². The third kappa shape index (κ3) is 4.74. The molecule has 6 rings (SSSR count). The minimum atomic E-state index is -4.83. The van der Waals surface area contributed by atoms with Gasteiger partial charge in [-0.1, -0.05) is 0 Å². The quantitative estimate of drug-likeness (QED) is 0.421. The van der Waals surface area contributed by atoms with Crippen molar-refractivity contribution in [1.29, 1.82) is 5.26 Å². The van der Waals surface area contributed by atoms with Crippen molar-refractivity contribution in [3.63, 3.8) is 0 Å². The first kappa shape index (κ1) is 29.1. The van der Waals surface area contributed by atoms with Gasteiger partial charge in [0.15, 0.2) is 10.8 Å². The van der Waals surface area contributed by atoms with Crippen LogP contribution in [0.5, 0.6) is 5.88 Å². The summed E-state index contributed by atoms with van der Waals surface area (Å²) in [7, 11) is 0. The maximum absolute atomic E-state index is 13.7. The summed E-state index contributed by atoms with van der Waals surface area (Å²) in [6.07, 6.45) is 1.20. The van der Waals surface area contributed by atoms with Crippen LogP contribution in [0.15, 0.2) is 30.6 Å². The van der Waals surface area contributed by atoms with Gasteiger partial charge in [-0.15, -0.1) is 0 Å². The fourth-order valence-corrected chi connectivity index (χ4v) is 6.74. The summed E-state index contributed by atoms with van der Waals surface area (Å²) in [6, 6.07) is 5.57. The zero-order valence-corrected chi connectivity index (χ0v) is 24.6. The molecule has 43 heavy (non-hydrogen) atoms. The van der Waals surface area contributed by atoms with Crippen molar-refractivity contribution in [2.24, 2.45) is 0 Å². The number of anilines is 2. The highest BCUT2D eigenvalue weighted by Gasteiger charge is 2.60. The molecule has 2 saturated carbocycles. The molecule has 0 unspecified atom stereocenters. The number of hydrogen-bond donors (Lipinski definition) is 0. The molecule has 0 N–H and O–H groups in total. The molecule has 0 atom stereocenters. The van der Waals surface area contributed by atoms with E-state index in [1.807, 2.05) is 20.8 Å². The number of halogens is 3. The lowest BCUT2D eigenvalue weighted by Crippen LogP contribution is -2.70. The third-order valence-corrected chi connectivity index (χ3v) is 8.97. The SMILES string of the molecule is CC(C)(C)OC(=O)N1CCC12CC(Oc1ccc(N3C(=S)N(c4cnc(C#N)c(C(F)(F)F)c4)C(=O)C34CCC4)cn1)C2. The van der Waals surface area contributed by atoms with Crippen molar-refractivity contribution in [3.8, 4) is 11.9 Å². The number of nitriles is 1. The molecule has 0 radical (unpaired) electrons. The van der Waals surface area contributed by atoms with Crippen molar-refractivity contribution in [2.75, 3.05) is 16.3 Å². The van der Waals surface area contributed by atoms with Gasteiger partial charge in [-0.3, -0.25) is 9.69 Å². The van der Waals surface area contributed by atoms with Crippen LogP contribution in [0.2, 0.25) is 0 Å². The zero-order chi connectivity index (χ0) is 30.9. The Morgan fingerprint density at radius 1 is 1.12 bits per heavy atom. The van der Waals surface area contributed by atoms with Crippen molar-refractivity contribution in [1.82, 2.24) is 14.9 Å². The number of aromatic nitrogens is 2. The minimum absolute atomic E-state index is 0.00736. The number of pyridine rings is 2. The largest absolute Gasteiger partial charge is 0.474 e. The number of likely N-dealkylation sites (tertiary alicyclic amines) is 1. The van der Waals surface area contributed by atoms with Crippen molar-refractivity contribution in [2.45, 2.75) is 88.3 Å². The van der Waals surface area contributed by atoms with E-state index in [2.05, 4.69) is 9.97 Å². The molecular weight excluding hydrogens is 585 g/mol. The number of ether oxygens (including phenoxy) is 2. The molecule has 2 amide bonds. The van der Waals surface area contributed by atoms with Gasteiger partial charge in [0.05, 0.1) is 34.9 Å². The summed E-state index contributed by atoms with van der Waals surface area (Å²) in [4.78, 5) is 38.8. The second-order valence-electron chi connectivity index (χ2n) is 12.5. The highest BCUT2D eigenvalue weighted by Crippen LogP contribution is 2.50. The zero-order valence-electron chi connectivity index (χ0n) is 23.8. The van der Waals surface area contributed by atoms with Crippen LogP contribution in [-0.4, -0.2) is 61.3 Å². The van der Waals surface area contributed by atoms with Crippen molar-refractivity contribution < 1.29 is 32.2 Å². The molecule has 2 aliphatic carbocycles. The first-order valence-corrected chi connectivity index (χ1v) is 14.4. The fourth-order valence-electron chi connectivity index (χ4n) is 6.27. The number of amides is 2. The maximum atomic E-state index is 13.7. The number of rotatable bonds is 4. The molecule has 2 aromatic heterocycles. The molecule has 14 heteroatoms. The summed E-state index contributed by atoms with van der Waals surface area (Å²) < 4.78 is 52.5. The van der Waals surface area contributed by atoms with E-state index in [9.17, 15) is 22.8 Å². The molecule has 2 spiro atoms. The van der Waals surface area contributed by atoms with Gasteiger partial charge in [0.1, 0.15) is 23.3 Å². The van der Waals surface area contributed by atoms with Gasteiger partial charge in [0, 0.05) is 25.5 Å². The van der Waals surface area contributed by atoms with Crippen LogP contribution in [0, 0.1) is 11.3 Å². The summed E-state index contributed by atoms with van der Waals surface area (Å²) in [5, 5.41) is 9.11. The molecule has 226 valence electrons. The van der Waals surface area contributed by atoms with E-state index in [1.165, 1.54) is 12.3 Å². The third-order valence-electron chi connectivity index (χ3n) is 8.60. The first-order chi connectivity index (χ1) is 20.2. The van der Waals surface area contributed by atoms with E-state index < -0.39 is 34.5 Å². The van der Waals surface area contributed by atoms with E-state index in [1.54, 1.807) is 21.9 Å². The Kier molecular flexibility index (Phi) is 6.61. The standard InChI is InChI=1S/C29H29F3N6O4S/c1-26(2,3)42-25(40)36-10-9-27(36)12-19(13-27)41-22-6-5-17(15-35-22)38-24(43)37(23(39)28(38)7-4-8-28)18-11-20(29(30,31)32)21(14-33)34-16-18/h5-6,11,15-16,19H,4,7-10,12-13H2,1-3H3. The van der Waals surface area contributed by atoms with Gasteiger partial charge >= 0.3 is 12.3 Å². The van der Waals surface area contributed by atoms with Gasteiger partial charge in [-0.25, -0.2) is 14.8 Å². The second-order valence-corrected chi connectivity index (χ2v) is 12.8. The Labute approximate surface area is 251 Å². The summed E-state index contributed by atoms with van der Waals surface area (Å²) in [5.74, 6) is -0.0766. The maximum Gasteiger partial charge on any atom is 0.419 e. The fraction of sp³-hybridized carbons (Fsp3) is 0.517. The van der Waals surface area contributed by atoms with Crippen LogP contribution in [0.25, 0.3) is 0 Å². The van der Waals surface area contributed by atoms with Crippen molar-refractivity contribution in [3.05, 3.63) is 41.9 Å². The molecular formula is C29H29F3N6O4S. The van der Waals surface area contributed by atoms with Crippen LogP contribution in [0.3, 0.4) is 0 Å². The Bertz CT molecular complexity index is 1540. The van der Waals surface area contributed by atoms with Crippen LogP contribution in [-0.2, 0) is 15.7 Å². The van der Waals surface area contributed by atoms with Gasteiger partial charge in [-0.05, 0) is 70.8 Å². The normalized spacial score (nSPS) is 24.4. The highest BCUT2D eigenvalue weighted by atomic mass is 32.1. The first-order valence-electron chi connectivity index (χ1n) is 14.0. The number of thiocarbonyl (C=S) groups is 1. The average molecular weight is 615 g/mol. The van der Waals surface area contributed by atoms with Gasteiger partial charge in [-0.2, -0.15) is 18.4 Å². The van der Waals surface area contributed by atoms with E-state index >= 15 is 0 Å². The lowest BCUT2D eigenvalue weighted by atomic mass is 9.66. The van der Waals surface area contributed by atoms with Crippen molar-refractivity contribution >= 4 is 40.7 Å². The number of nitrogens with zero attached hydrogens (tertiary/aromatic N) is 6. The lowest BCUT2D eigenvalue weighted by Gasteiger charge is -2.60. The predicted octanol–water partition coefficient (Wildman–Crippen LogP) is 5.35. The summed E-state index contributed by atoms with van der Waals surface area (Å²) in [5.41, 5.74) is -3.52. The molecule has 4 heterocycles. The number of hydrogen-bond acceptors (Lipinski definition) is 8. The molecule has 2 aromatic rings. The highest BCUT2D eigenvalue weighted by molar-refractivity contribution is 7.81. The van der Waals surface area contributed by atoms with Gasteiger partial charge in [0.2, 0.25) is 5.88 Å². The van der Waals surface area contributed by atoms with Crippen LogP contribution in [0.4, 0.5) is 29.3 Å². The Hall–Kier alpha value is -3.99. The number of carbonyl (C=O) groups excluding carboxylic acids is 2. The van der Waals surface area contributed by atoms with E-state index in [0.717, 1.165) is 30.0 Å². The molecule has 2 aliphatic heterocycles. The Morgan fingerprint density at radius 2 is 1.81 bits per heavy atom. The molecule has 4 fully saturated rings. The smallest absolute Gasteiger partial charge is 0.419 e. The van der Waals surface area contributed by atoms with E-state index in [4.69, 9.17) is 27.0 Å². The monoisotopic (exact) mass is 614 g/mol.